The lowest BCUT2D eigenvalue weighted by molar-refractivity contribution is 0.510. The fourth-order valence-corrected chi connectivity index (χ4v) is 2.53. The number of nitrogens with one attached hydrogen (secondary N) is 1. The lowest BCUT2D eigenvalue weighted by atomic mass is 10.1. The van der Waals surface area contributed by atoms with E-state index in [0.717, 1.165) is 31.3 Å². The number of nitrogens with zero attached hydrogens (tertiary/aromatic N) is 6. The molecule has 1 atom stereocenters. The van der Waals surface area contributed by atoms with Gasteiger partial charge in [-0.1, -0.05) is 0 Å². The highest BCUT2D eigenvalue weighted by Gasteiger charge is 2.13. The van der Waals surface area contributed by atoms with E-state index in [1.165, 1.54) is 19.3 Å². The molecular weight excluding hydrogens is 266 g/mol. The van der Waals surface area contributed by atoms with Gasteiger partial charge in [0.2, 0.25) is 0 Å². The molecule has 0 spiro atoms. The van der Waals surface area contributed by atoms with Gasteiger partial charge in [-0.25, -0.2) is 19.6 Å². The summed E-state index contributed by atoms with van der Waals surface area (Å²) in [5, 5.41) is 7.49. The predicted octanol–water partition coefficient (Wildman–Crippen LogP) is 1.73. The van der Waals surface area contributed by atoms with Gasteiger partial charge in [-0.3, -0.25) is 0 Å². The largest absolute Gasteiger partial charge is 0.368 e. The molecule has 112 valence electrons. The molecule has 1 aliphatic heterocycles. The van der Waals surface area contributed by atoms with Crippen LogP contribution in [0.4, 0.5) is 11.6 Å². The minimum Gasteiger partial charge on any atom is -0.368 e. The third-order valence-electron chi connectivity index (χ3n) is 3.80. The van der Waals surface area contributed by atoms with E-state index in [4.69, 9.17) is 0 Å². The van der Waals surface area contributed by atoms with Crippen molar-refractivity contribution < 1.29 is 0 Å². The summed E-state index contributed by atoms with van der Waals surface area (Å²) < 4.78 is 1.83. The number of hydrogen-bond acceptors (Lipinski definition) is 6. The first-order valence-corrected chi connectivity index (χ1v) is 7.48. The van der Waals surface area contributed by atoms with Gasteiger partial charge < -0.3 is 10.2 Å². The van der Waals surface area contributed by atoms with Gasteiger partial charge in [0.1, 0.15) is 30.6 Å². The van der Waals surface area contributed by atoms with Gasteiger partial charge in [-0.05, 0) is 26.2 Å². The molecule has 0 bridgehead atoms. The molecule has 0 amide bonds. The monoisotopic (exact) mass is 287 g/mol. The Labute approximate surface area is 124 Å². The van der Waals surface area contributed by atoms with Crippen molar-refractivity contribution in [1.29, 1.82) is 0 Å². The maximum atomic E-state index is 4.39. The van der Waals surface area contributed by atoms with Crippen molar-refractivity contribution in [3.05, 3.63) is 25.0 Å². The second-order valence-electron chi connectivity index (χ2n) is 5.41. The minimum absolute atomic E-state index is 0.223. The van der Waals surface area contributed by atoms with Gasteiger partial charge in [0.05, 0.1) is 6.04 Å². The van der Waals surface area contributed by atoms with E-state index >= 15 is 0 Å². The van der Waals surface area contributed by atoms with Gasteiger partial charge in [0, 0.05) is 25.7 Å². The summed E-state index contributed by atoms with van der Waals surface area (Å²) in [4.78, 5) is 15.0. The Balaban J connectivity index is 1.60. The third kappa shape index (κ3) is 3.48. The van der Waals surface area contributed by atoms with Crippen LogP contribution in [0.1, 0.15) is 32.2 Å². The van der Waals surface area contributed by atoms with Crippen molar-refractivity contribution in [3.63, 3.8) is 0 Å². The molecule has 7 nitrogen and oxygen atoms in total. The molecule has 1 unspecified atom stereocenters. The van der Waals surface area contributed by atoms with Crippen LogP contribution in [0.15, 0.2) is 25.0 Å². The van der Waals surface area contributed by atoms with Crippen molar-refractivity contribution in [1.82, 2.24) is 24.7 Å². The number of piperidine rings is 1. The van der Waals surface area contributed by atoms with Crippen LogP contribution in [-0.2, 0) is 0 Å². The van der Waals surface area contributed by atoms with E-state index in [0.29, 0.717) is 0 Å². The first-order valence-electron chi connectivity index (χ1n) is 7.48. The summed E-state index contributed by atoms with van der Waals surface area (Å²) in [5.74, 6) is 1.87. The molecule has 3 rings (SSSR count). The molecular formula is C14H21N7. The third-order valence-corrected chi connectivity index (χ3v) is 3.80. The highest BCUT2D eigenvalue weighted by molar-refractivity contribution is 5.48. The molecule has 0 aliphatic carbocycles. The van der Waals surface area contributed by atoms with E-state index in [2.05, 4.69) is 37.2 Å². The van der Waals surface area contributed by atoms with E-state index in [1.54, 1.807) is 19.0 Å². The second-order valence-corrected chi connectivity index (χ2v) is 5.41. The Morgan fingerprint density at radius 3 is 2.81 bits per heavy atom. The van der Waals surface area contributed by atoms with Gasteiger partial charge in [-0.15, -0.1) is 0 Å². The minimum atomic E-state index is 0.223. The van der Waals surface area contributed by atoms with E-state index in [-0.39, 0.29) is 6.04 Å². The van der Waals surface area contributed by atoms with Crippen molar-refractivity contribution >= 4 is 11.6 Å². The lowest BCUT2D eigenvalue weighted by Crippen LogP contribution is -2.30. The molecule has 0 radical (unpaired) electrons. The molecule has 0 aromatic carbocycles. The SMILES string of the molecule is CC(CNc1cc(N2CCCCC2)ncn1)n1cncn1. The van der Waals surface area contributed by atoms with E-state index in [1.807, 2.05) is 10.7 Å². The molecule has 1 N–H and O–H groups in total. The molecule has 3 heterocycles. The molecule has 7 heteroatoms. The highest BCUT2D eigenvalue weighted by atomic mass is 15.3. The first-order chi connectivity index (χ1) is 10.3. The Kier molecular flexibility index (Phi) is 4.28. The lowest BCUT2D eigenvalue weighted by Gasteiger charge is -2.27. The van der Waals surface area contributed by atoms with Crippen LogP contribution in [0.3, 0.4) is 0 Å². The molecule has 1 aliphatic rings. The molecule has 1 saturated heterocycles. The van der Waals surface area contributed by atoms with Crippen LogP contribution in [0.2, 0.25) is 0 Å². The molecule has 2 aromatic heterocycles. The summed E-state index contributed by atoms with van der Waals surface area (Å²) in [6.07, 6.45) is 8.72. The predicted molar refractivity (Wildman–Crippen MR) is 81.3 cm³/mol. The number of hydrogen-bond donors (Lipinski definition) is 1. The Bertz CT molecular complexity index is 548. The summed E-state index contributed by atoms with van der Waals surface area (Å²) >= 11 is 0. The van der Waals surface area contributed by atoms with Gasteiger partial charge >= 0.3 is 0 Å². The smallest absolute Gasteiger partial charge is 0.137 e. The second kappa shape index (κ2) is 6.51. The van der Waals surface area contributed by atoms with Crippen LogP contribution >= 0.6 is 0 Å². The average molecular weight is 287 g/mol. The van der Waals surface area contributed by atoms with Crippen LogP contribution in [0, 0.1) is 0 Å². The summed E-state index contributed by atoms with van der Waals surface area (Å²) in [7, 11) is 0. The van der Waals surface area contributed by atoms with Crippen molar-refractivity contribution in [2.24, 2.45) is 0 Å². The first kappa shape index (κ1) is 13.8. The van der Waals surface area contributed by atoms with Gasteiger partial charge in [0.15, 0.2) is 0 Å². The average Bonchev–Trinajstić information content (AvgIpc) is 3.08. The van der Waals surface area contributed by atoms with Crippen molar-refractivity contribution in [2.75, 3.05) is 29.9 Å². The summed E-state index contributed by atoms with van der Waals surface area (Å²) in [5.41, 5.74) is 0. The van der Waals surface area contributed by atoms with Gasteiger partial charge in [0.25, 0.3) is 0 Å². The fraction of sp³-hybridized carbons (Fsp3) is 0.571. The van der Waals surface area contributed by atoms with Crippen LogP contribution in [0.5, 0.6) is 0 Å². The van der Waals surface area contributed by atoms with Crippen molar-refractivity contribution in [3.8, 4) is 0 Å². The standard InChI is InChI=1S/C14H21N7/c1-12(21-11-15-9-19-21)8-16-13-7-14(18-10-17-13)20-5-3-2-4-6-20/h7,9-12H,2-6,8H2,1H3,(H,16,17,18). The quantitative estimate of drug-likeness (QED) is 0.903. The zero-order chi connectivity index (χ0) is 14.5. The zero-order valence-electron chi connectivity index (χ0n) is 12.3. The number of rotatable bonds is 5. The molecule has 21 heavy (non-hydrogen) atoms. The molecule has 2 aromatic rings. The maximum Gasteiger partial charge on any atom is 0.137 e. The van der Waals surface area contributed by atoms with E-state index < -0.39 is 0 Å². The van der Waals surface area contributed by atoms with Crippen LogP contribution in [-0.4, -0.2) is 44.4 Å². The number of anilines is 2. The summed E-state index contributed by atoms with van der Waals surface area (Å²) in [6, 6.07) is 2.25. The zero-order valence-corrected chi connectivity index (χ0v) is 12.3. The van der Waals surface area contributed by atoms with Gasteiger partial charge in [-0.2, -0.15) is 5.10 Å². The van der Waals surface area contributed by atoms with Crippen molar-refractivity contribution in [2.45, 2.75) is 32.2 Å². The van der Waals surface area contributed by atoms with E-state index in [9.17, 15) is 0 Å². The van der Waals surface area contributed by atoms with Crippen LogP contribution < -0.4 is 10.2 Å². The Morgan fingerprint density at radius 1 is 1.19 bits per heavy atom. The topological polar surface area (TPSA) is 71.8 Å². The molecule has 0 saturated carbocycles. The normalized spacial score (nSPS) is 16.7. The highest BCUT2D eigenvalue weighted by Crippen LogP contribution is 2.19. The molecule has 1 fully saturated rings. The fourth-order valence-electron chi connectivity index (χ4n) is 2.53. The Hall–Kier alpha value is -2.18. The Morgan fingerprint density at radius 2 is 2.05 bits per heavy atom. The maximum absolute atomic E-state index is 4.39. The van der Waals surface area contributed by atoms with Crippen LogP contribution in [0.25, 0.3) is 0 Å². The number of aromatic nitrogens is 5. The summed E-state index contributed by atoms with van der Waals surface area (Å²) in [6.45, 7) is 5.02.